The quantitative estimate of drug-likeness (QED) is 0.684. The predicted octanol–water partition coefficient (Wildman–Crippen LogP) is 2.38. The van der Waals surface area contributed by atoms with E-state index < -0.39 is 0 Å². The van der Waals surface area contributed by atoms with Crippen LogP contribution in [0.25, 0.3) is 11.0 Å². The molecule has 7 heteroatoms. The van der Waals surface area contributed by atoms with Gasteiger partial charge in [-0.25, -0.2) is 4.98 Å². The molecule has 7 nitrogen and oxygen atoms in total. The number of hydrogen-bond acceptors (Lipinski definition) is 4. The van der Waals surface area contributed by atoms with Crippen molar-refractivity contribution in [2.45, 2.75) is 13.0 Å². The third kappa shape index (κ3) is 2.91. The van der Waals surface area contributed by atoms with Gasteiger partial charge in [0.1, 0.15) is 11.6 Å². The number of aromatic nitrogens is 2. The number of benzene rings is 2. The van der Waals surface area contributed by atoms with Gasteiger partial charge in [-0.15, -0.1) is 0 Å². The molecule has 1 aliphatic rings. The molecule has 0 saturated carbocycles. The Kier molecular flexibility index (Phi) is 3.61. The Labute approximate surface area is 143 Å². The highest BCUT2D eigenvalue weighted by Crippen LogP contribution is 2.28. The lowest BCUT2D eigenvalue weighted by Gasteiger charge is -2.19. The van der Waals surface area contributed by atoms with Crippen LogP contribution in [0, 0.1) is 0 Å². The van der Waals surface area contributed by atoms with E-state index in [1.54, 1.807) is 18.2 Å². The Hall–Kier alpha value is -3.35. The Morgan fingerprint density at radius 1 is 1.28 bits per heavy atom. The molecular formula is C18H16N4O3. The number of hydrogen-bond donors (Lipinski definition) is 3. The van der Waals surface area contributed by atoms with Crippen molar-refractivity contribution in [3.63, 3.8) is 0 Å². The van der Waals surface area contributed by atoms with Gasteiger partial charge < -0.3 is 20.4 Å². The van der Waals surface area contributed by atoms with E-state index in [9.17, 15) is 9.59 Å². The number of nitrogens with one attached hydrogen (secondary N) is 3. The lowest BCUT2D eigenvalue weighted by atomic mass is 10.1. The molecule has 0 aliphatic carbocycles. The van der Waals surface area contributed by atoms with Crippen molar-refractivity contribution in [1.29, 1.82) is 0 Å². The number of ether oxygens (including phenoxy) is 1. The van der Waals surface area contributed by atoms with Gasteiger partial charge in [0.15, 0.2) is 6.61 Å². The fraction of sp³-hybridized carbons (Fsp3) is 0.167. The molecule has 0 spiro atoms. The molecule has 3 N–H and O–H groups in total. The zero-order chi connectivity index (χ0) is 17.4. The zero-order valence-corrected chi connectivity index (χ0v) is 13.5. The molecule has 1 aromatic heterocycles. The molecule has 25 heavy (non-hydrogen) atoms. The van der Waals surface area contributed by atoms with E-state index in [4.69, 9.17) is 4.74 Å². The molecule has 0 saturated heterocycles. The molecule has 4 rings (SSSR count). The number of carbonyl (C=O) groups excluding carboxylic acids is 2. The highest BCUT2D eigenvalue weighted by Gasteiger charge is 2.19. The number of aromatic amines is 1. The maximum atomic E-state index is 12.5. The average molecular weight is 336 g/mol. The summed E-state index contributed by atoms with van der Waals surface area (Å²) in [6.45, 7) is 1.85. The maximum absolute atomic E-state index is 12.5. The lowest BCUT2D eigenvalue weighted by Crippen LogP contribution is -2.28. The SMILES string of the molecule is C[C@@H](NC(=O)c1ccc2c(c1)NC(=O)CO2)c1nc2ccccc2[nH]1. The highest BCUT2D eigenvalue weighted by atomic mass is 16.5. The first-order chi connectivity index (χ1) is 12.1. The fourth-order valence-corrected chi connectivity index (χ4v) is 2.75. The van der Waals surface area contributed by atoms with Gasteiger partial charge in [0, 0.05) is 5.56 Å². The number of anilines is 1. The monoisotopic (exact) mass is 336 g/mol. The second-order valence-corrected chi connectivity index (χ2v) is 5.88. The Balaban J connectivity index is 1.53. The minimum Gasteiger partial charge on any atom is -0.482 e. The molecule has 2 aromatic carbocycles. The highest BCUT2D eigenvalue weighted by molar-refractivity contribution is 6.00. The minimum atomic E-state index is -0.290. The van der Waals surface area contributed by atoms with Gasteiger partial charge in [-0.3, -0.25) is 9.59 Å². The van der Waals surface area contributed by atoms with E-state index >= 15 is 0 Å². The van der Waals surface area contributed by atoms with Crippen LogP contribution in [-0.4, -0.2) is 28.4 Å². The number of imidazole rings is 1. The van der Waals surface area contributed by atoms with Crippen LogP contribution in [0.4, 0.5) is 5.69 Å². The van der Waals surface area contributed by atoms with E-state index in [-0.39, 0.29) is 24.5 Å². The first kappa shape index (κ1) is 15.2. The minimum absolute atomic E-state index is 0.0123. The third-order valence-electron chi connectivity index (χ3n) is 4.04. The summed E-state index contributed by atoms with van der Waals surface area (Å²) in [6, 6.07) is 12.3. The van der Waals surface area contributed by atoms with E-state index in [0.29, 0.717) is 22.8 Å². The van der Waals surface area contributed by atoms with Gasteiger partial charge in [0.2, 0.25) is 0 Å². The number of amides is 2. The van der Waals surface area contributed by atoms with Crippen molar-refractivity contribution in [3.8, 4) is 5.75 Å². The van der Waals surface area contributed by atoms with Gasteiger partial charge in [-0.05, 0) is 37.3 Å². The summed E-state index contributed by atoms with van der Waals surface area (Å²) in [5.74, 6) is 0.752. The van der Waals surface area contributed by atoms with Crippen molar-refractivity contribution in [3.05, 3.63) is 53.9 Å². The summed E-state index contributed by atoms with van der Waals surface area (Å²) in [5, 5.41) is 5.60. The fourth-order valence-electron chi connectivity index (χ4n) is 2.75. The molecule has 126 valence electrons. The Morgan fingerprint density at radius 3 is 2.96 bits per heavy atom. The van der Waals surface area contributed by atoms with Crippen LogP contribution in [0.2, 0.25) is 0 Å². The number of nitrogens with zero attached hydrogens (tertiary/aromatic N) is 1. The molecular weight excluding hydrogens is 320 g/mol. The van der Waals surface area contributed by atoms with E-state index in [0.717, 1.165) is 11.0 Å². The number of para-hydroxylation sites is 2. The zero-order valence-electron chi connectivity index (χ0n) is 13.5. The van der Waals surface area contributed by atoms with Crippen LogP contribution in [0.5, 0.6) is 5.75 Å². The first-order valence-corrected chi connectivity index (χ1v) is 7.92. The third-order valence-corrected chi connectivity index (χ3v) is 4.04. The van der Waals surface area contributed by atoms with Crippen molar-refractivity contribution in [2.24, 2.45) is 0 Å². The molecule has 1 aliphatic heterocycles. The topological polar surface area (TPSA) is 96.1 Å². The van der Waals surface area contributed by atoms with E-state index in [1.165, 1.54) is 0 Å². The normalized spacial score (nSPS) is 14.4. The predicted molar refractivity (Wildman–Crippen MR) is 92.5 cm³/mol. The summed E-state index contributed by atoms with van der Waals surface area (Å²) in [7, 11) is 0. The molecule has 0 fully saturated rings. The number of rotatable bonds is 3. The van der Waals surface area contributed by atoms with Crippen molar-refractivity contribution in [1.82, 2.24) is 15.3 Å². The Bertz CT molecular complexity index is 946. The molecule has 0 radical (unpaired) electrons. The molecule has 3 aromatic rings. The van der Waals surface area contributed by atoms with Crippen molar-refractivity contribution in [2.75, 3.05) is 11.9 Å². The van der Waals surface area contributed by atoms with Crippen molar-refractivity contribution >= 4 is 28.5 Å². The number of H-pyrrole nitrogens is 1. The maximum Gasteiger partial charge on any atom is 0.262 e. The number of carbonyl (C=O) groups is 2. The van der Waals surface area contributed by atoms with Crippen LogP contribution in [-0.2, 0) is 4.79 Å². The molecule has 2 amide bonds. The molecule has 0 unspecified atom stereocenters. The van der Waals surface area contributed by atoms with Crippen LogP contribution in [0.15, 0.2) is 42.5 Å². The van der Waals surface area contributed by atoms with Gasteiger partial charge in [0.05, 0.1) is 22.8 Å². The lowest BCUT2D eigenvalue weighted by molar-refractivity contribution is -0.118. The van der Waals surface area contributed by atoms with Gasteiger partial charge in [-0.2, -0.15) is 0 Å². The summed E-state index contributed by atoms with van der Waals surface area (Å²) < 4.78 is 5.30. The molecule has 0 bridgehead atoms. The summed E-state index contributed by atoms with van der Waals surface area (Å²) >= 11 is 0. The average Bonchev–Trinajstić information content (AvgIpc) is 3.05. The van der Waals surface area contributed by atoms with Gasteiger partial charge >= 0.3 is 0 Å². The summed E-state index contributed by atoms with van der Waals surface area (Å²) in [6.07, 6.45) is 0. The summed E-state index contributed by atoms with van der Waals surface area (Å²) in [4.78, 5) is 31.6. The second-order valence-electron chi connectivity index (χ2n) is 5.88. The van der Waals surface area contributed by atoms with Crippen LogP contribution in [0.3, 0.4) is 0 Å². The molecule has 2 heterocycles. The van der Waals surface area contributed by atoms with Gasteiger partial charge in [0.25, 0.3) is 11.8 Å². The summed E-state index contributed by atoms with van der Waals surface area (Å²) in [5.41, 5.74) is 2.72. The standard InChI is InChI=1S/C18H16N4O3/c1-10(17-21-12-4-2-3-5-13(12)22-17)19-18(24)11-6-7-15-14(8-11)20-16(23)9-25-15/h2-8,10H,9H2,1H3,(H,19,24)(H,20,23)(H,21,22)/t10-/m1/s1. The van der Waals surface area contributed by atoms with E-state index in [2.05, 4.69) is 20.6 Å². The largest absolute Gasteiger partial charge is 0.482 e. The van der Waals surface area contributed by atoms with E-state index in [1.807, 2.05) is 31.2 Å². The first-order valence-electron chi connectivity index (χ1n) is 7.92. The smallest absolute Gasteiger partial charge is 0.262 e. The van der Waals surface area contributed by atoms with Gasteiger partial charge in [-0.1, -0.05) is 12.1 Å². The second kappa shape index (κ2) is 5.94. The van der Waals surface area contributed by atoms with Crippen LogP contribution < -0.4 is 15.4 Å². The Morgan fingerprint density at radius 2 is 2.12 bits per heavy atom. The van der Waals surface area contributed by atoms with Crippen LogP contribution in [0.1, 0.15) is 29.1 Å². The molecule has 1 atom stereocenters. The number of fused-ring (bicyclic) bond motifs is 2. The van der Waals surface area contributed by atoms with Crippen molar-refractivity contribution < 1.29 is 14.3 Å². The van der Waals surface area contributed by atoms with Crippen LogP contribution >= 0.6 is 0 Å².